The van der Waals surface area contributed by atoms with Crippen LogP contribution in [0, 0.1) is 5.41 Å². The summed E-state index contributed by atoms with van der Waals surface area (Å²) in [6, 6.07) is 6.10. The Morgan fingerprint density at radius 2 is 2.04 bits per heavy atom. The second-order valence-electron chi connectivity index (χ2n) is 7.13. The number of carbonyl (C=O) groups excluding carboxylic acids is 1. The first-order valence-electron chi connectivity index (χ1n) is 8.67. The van der Waals surface area contributed by atoms with E-state index in [1.54, 1.807) is 11.3 Å². The molecule has 2 saturated heterocycles. The first-order chi connectivity index (χ1) is 11.7. The molecule has 4 rings (SSSR count). The van der Waals surface area contributed by atoms with Crippen molar-refractivity contribution in [1.82, 2.24) is 14.8 Å². The van der Waals surface area contributed by atoms with Crippen LogP contribution in [0.1, 0.15) is 35.2 Å². The van der Waals surface area contributed by atoms with Gasteiger partial charge in [-0.3, -0.25) is 14.7 Å². The van der Waals surface area contributed by atoms with Crippen molar-refractivity contribution < 1.29 is 4.79 Å². The molecule has 2 fully saturated rings. The quantitative estimate of drug-likeness (QED) is 0.860. The van der Waals surface area contributed by atoms with Gasteiger partial charge in [0.25, 0.3) is 5.91 Å². The van der Waals surface area contributed by atoms with Crippen LogP contribution in [-0.4, -0.2) is 46.9 Å². The maximum absolute atomic E-state index is 12.5. The van der Waals surface area contributed by atoms with E-state index in [1.165, 1.54) is 12.0 Å². The van der Waals surface area contributed by atoms with Crippen LogP contribution in [0.2, 0.25) is 0 Å². The van der Waals surface area contributed by atoms with Crippen LogP contribution in [-0.2, 0) is 6.54 Å². The van der Waals surface area contributed by atoms with Gasteiger partial charge in [0.2, 0.25) is 0 Å². The third kappa shape index (κ3) is 3.23. The monoisotopic (exact) mass is 341 g/mol. The molecule has 0 saturated carbocycles. The zero-order valence-electron chi connectivity index (χ0n) is 13.9. The fraction of sp³-hybridized carbons (Fsp3) is 0.474. The first kappa shape index (κ1) is 15.8. The van der Waals surface area contributed by atoms with Crippen LogP contribution in [0.3, 0.4) is 0 Å². The van der Waals surface area contributed by atoms with Crippen molar-refractivity contribution in [2.75, 3.05) is 26.2 Å². The molecule has 2 aliphatic heterocycles. The van der Waals surface area contributed by atoms with Crippen molar-refractivity contribution in [2.45, 2.75) is 25.8 Å². The molecule has 1 spiro atoms. The number of thiophene rings is 1. The minimum Gasteiger partial charge on any atom is -0.339 e. The summed E-state index contributed by atoms with van der Waals surface area (Å²) < 4.78 is 0. The van der Waals surface area contributed by atoms with Crippen molar-refractivity contribution in [3.63, 3.8) is 0 Å². The Labute approximate surface area is 147 Å². The molecule has 4 nitrogen and oxygen atoms in total. The lowest BCUT2D eigenvalue weighted by molar-refractivity contribution is 0.0588. The molecule has 0 bridgehead atoms. The average molecular weight is 341 g/mol. The fourth-order valence-electron chi connectivity index (χ4n) is 4.07. The van der Waals surface area contributed by atoms with Crippen LogP contribution in [0.4, 0.5) is 0 Å². The summed E-state index contributed by atoms with van der Waals surface area (Å²) in [4.78, 5) is 21.3. The SMILES string of the molecule is O=C(c1ccsc1)N1CCC2(CCN(Cc3cccnc3)C2)CC1. The van der Waals surface area contributed by atoms with Gasteiger partial charge in [0.05, 0.1) is 5.56 Å². The van der Waals surface area contributed by atoms with Gasteiger partial charge in [-0.25, -0.2) is 0 Å². The van der Waals surface area contributed by atoms with E-state index in [-0.39, 0.29) is 5.91 Å². The zero-order chi connectivity index (χ0) is 16.4. The number of nitrogens with zero attached hydrogens (tertiary/aromatic N) is 3. The number of piperidine rings is 1. The highest BCUT2D eigenvalue weighted by Gasteiger charge is 2.41. The fourth-order valence-corrected chi connectivity index (χ4v) is 4.70. The molecule has 4 heterocycles. The summed E-state index contributed by atoms with van der Waals surface area (Å²) in [6.45, 7) is 5.10. The van der Waals surface area contributed by atoms with Crippen LogP contribution >= 0.6 is 11.3 Å². The highest BCUT2D eigenvalue weighted by Crippen LogP contribution is 2.41. The van der Waals surface area contributed by atoms with Gasteiger partial charge >= 0.3 is 0 Å². The molecule has 24 heavy (non-hydrogen) atoms. The van der Waals surface area contributed by atoms with E-state index in [2.05, 4.69) is 16.0 Å². The Hall–Kier alpha value is -1.72. The second-order valence-corrected chi connectivity index (χ2v) is 7.91. The number of carbonyl (C=O) groups is 1. The van der Waals surface area contributed by atoms with E-state index in [1.807, 2.05) is 40.2 Å². The molecule has 0 aliphatic carbocycles. The molecule has 1 amide bonds. The maximum Gasteiger partial charge on any atom is 0.254 e. The molecule has 0 atom stereocenters. The second kappa shape index (κ2) is 6.65. The third-order valence-electron chi connectivity index (χ3n) is 5.53. The van der Waals surface area contributed by atoms with E-state index in [0.29, 0.717) is 5.41 Å². The third-order valence-corrected chi connectivity index (χ3v) is 6.21. The molecule has 5 heteroatoms. The predicted octanol–water partition coefficient (Wildman–Crippen LogP) is 3.27. The van der Waals surface area contributed by atoms with E-state index >= 15 is 0 Å². The van der Waals surface area contributed by atoms with Crippen molar-refractivity contribution in [3.8, 4) is 0 Å². The number of aromatic nitrogens is 1. The lowest BCUT2D eigenvalue weighted by atomic mass is 9.77. The summed E-state index contributed by atoms with van der Waals surface area (Å²) in [7, 11) is 0. The zero-order valence-corrected chi connectivity index (χ0v) is 14.7. The molecule has 0 unspecified atom stereocenters. The van der Waals surface area contributed by atoms with Gasteiger partial charge in [-0.05, 0) is 54.3 Å². The van der Waals surface area contributed by atoms with Crippen molar-refractivity contribution in [2.24, 2.45) is 5.41 Å². The standard InChI is InChI=1S/C19H23N3OS/c23-18(17-3-11-24-14-17)22-9-5-19(6-10-22)4-8-21(15-19)13-16-2-1-7-20-12-16/h1-3,7,11-12,14H,4-6,8-10,13,15H2. The average Bonchev–Trinajstić information content (AvgIpc) is 3.27. The van der Waals surface area contributed by atoms with E-state index in [4.69, 9.17) is 0 Å². The molecular formula is C19H23N3OS. The van der Waals surface area contributed by atoms with E-state index in [9.17, 15) is 4.79 Å². The molecule has 2 aliphatic rings. The smallest absolute Gasteiger partial charge is 0.254 e. The highest BCUT2D eigenvalue weighted by molar-refractivity contribution is 7.08. The van der Waals surface area contributed by atoms with Crippen LogP contribution in [0.15, 0.2) is 41.4 Å². The first-order valence-corrected chi connectivity index (χ1v) is 9.61. The summed E-state index contributed by atoms with van der Waals surface area (Å²) in [5, 5.41) is 3.93. The molecule has 126 valence electrons. The van der Waals surface area contributed by atoms with Gasteiger partial charge in [-0.1, -0.05) is 6.07 Å². The molecule has 0 radical (unpaired) electrons. The minimum absolute atomic E-state index is 0.205. The normalized spacial score (nSPS) is 20.6. The Morgan fingerprint density at radius 3 is 2.75 bits per heavy atom. The molecular weight excluding hydrogens is 318 g/mol. The van der Waals surface area contributed by atoms with Gasteiger partial charge in [-0.15, -0.1) is 0 Å². The Morgan fingerprint density at radius 1 is 1.21 bits per heavy atom. The Bertz CT molecular complexity index is 678. The number of pyridine rings is 1. The summed E-state index contributed by atoms with van der Waals surface area (Å²) in [5.74, 6) is 0.205. The summed E-state index contributed by atoms with van der Waals surface area (Å²) in [5.41, 5.74) is 2.55. The van der Waals surface area contributed by atoms with Gasteiger partial charge in [-0.2, -0.15) is 11.3 Å². The van der Waals surface area contributed by atoms with Crippen LogP contribution < -0.4 is 0 Å². The highest BCUT2D eigenvalue weighted by atomic mass is 32.1. The van der Waals surface area contributed by atoms with Crippen LogP contribution in [0.25, 0.3) is 0 Å². The molecule has 2 aromatic rings. The topological polar surface area (TPSA) is 36.4 Å². The minimum atomic E-state index is 0.205. The summed E-state index contributed by atoms with van der Waals surface area (Å²) in [6.07, 6.45) is 7.31. The molecule has 0 aromatic carbocycles. The number of hydrogen-bond acceptors (Lipinski definition) is 4. The number of likely N-dealkylation sites (tertiary alicyclic amines) is 2. The molecule has 2 aromatic heterocycles. The summed E-state index contributed by atoms with van der Waals surface area (Å²) >= 11 is 1.59. The van der Waals surface area contributed by atoms with Crippen molar-refractivity contribution >= 4 is 17.2 Å². The van der Waals surface area contributed by atoms with Gasteiger partial charge < -0.3 is 4.90 Å². The van der Waals surface area contributed by atoms with Crippen molar-refractivity contribution in [3.05, 3.63) is 52.5 Å². The van der Waals surface area contributed by atoms with E-state index < -0.39 is 0 Å². The van der Waals surface area contributed by atoms with Gasteiger partial charge in [0.1, 0.15) is 0 Å². The molecule has 0 N–H and O–H groups in total. The van der Waals surface area contributed by atoms with Gasteiger partial charge in [0.15, 0.2) is 0 Å². The number of rotatable bonds is 3. The maximum atomic E-state index is 12.5. The largest absolute Gasteiger partial charge is 0.339 e. The van der Waals surface area contributed by atoms with E-state index in [0.717, 1.165) is 51.1 Å². The predicted molar refractivity (Wildman–Crippen MR) is 96.0 cm³/mol. The lowest BCUT2D eigenvalue weighted by Gasteiger charge is -2.39. The Kier molecular flexibility index (Phi) is 4.37. The number of amides is 1. The van der Waals surface area contributed by atoms with Crippen LogP contribution in [0.5, 0.6) is 0 Å². The Balaban J connectivity index is 1.33. The van der Waals surface area contributed by atoms with Gasteiger partial charge in [0, 0.05) is 44.0 Å². The number of hydrogen-bond donors (Lipinski definition) is 0. The lowest BCUT2D eigenvalue weighted by Crippen LogP contribution is -2.44. The van der Waals surface area contributed by atoms with Crippen molar-refractivity contribution in [1.29, 1.82) is 0 Å².